The van der Waals surface area contributed by atoms with Crippen LogP contribution in [-0.4, -0.2) is 4.99 Å². The third-order valence-corrected chi connectivity index (χ3v) is 4.81. The SMILES string of the molecule is Cc1ccc[n+](C(C(=S)Nc2ccc(C)c(F)c2)=C([O-])c2ccccc2Cl)c1. The number of hydrogen-bond acceptors (Lipinski definition) is 2. The minimum atomic E-state index is -0.352. The molecule has 2 aromatic carbocycles. The largest absolute Gasteiger partial charge is 0.867 e. The minimum absolute atomic E-state index is 0.170. The Labute approximate surface area is 173 Å². The van der Waals surface area contributed by atoms with E-state index < -0.39 is 0 Å². The molecule has 0 atom stereocenters. The molecule has 0 aliphatic heterocycles. The molecule has 0 unspecified atom stereocenters. The summed E-state index contributed by atoms with van der Waals surface area (Å²) >= 11 is 11.8. The molecule has 0 bridgehead atoms. The first kappa shape index (κ1) is 20.0. The van der Waals surface area contributed by atoms with Gasteiger partial charge in [0.2, 0.25) is 5.70 Å². The van der Waals surface area contributed by atoms with Gasteiger partial charge in [0.25, 0.3) is 0 Å². The molecule has 3 nitrogen and oxygen atoms in total. The van der Waals surface area contributed by atoms with Gasteiger partial charge >= 0.3 is 0 Å². The second-order valence-corrected chi connectivity index (χ2v) is 7.18. The molecule has 1 N–H and O–H groups in total. The van der Waals surface area contributed by atoms with Gasteiger partial charge < -0.3 is 10.4 Å². The summed E-state index contributed by atoms with van der Waals surface area (Å²) < 4.78 is 15.6. The van der Waals surface area contributed by atoms with Gasteiger partial charge in [-0.15, -0.1) is 0 Å². The van der Waals surface area contributed by atoms with E-state index >= 15 is 0 Å². The molecular weight excluding hydrogens is 395 g/mol. The topological polar surface area (TPSA) is 39.0 Å². The molecule has 142 valence electrons. The zero-order valence-electron chi connectivity index (χ0n) is 15.4. The Balaban J connectivity index is 2.10. The molecule has 6 heteroatoms. The van der Waals surface area contributed by atoms with Crippen LogP contribution in [0.5, 0.6) is 0 Å². The number of thiocarbonyl (C=S) groups is 1. The van der Waals surface area contributed by atoms with Crippen molar-refractivity contribution in [2.24, 2.45) is 0 Å². The van der Waals surface area contributed by atoms with Gasteiger partial charge in [0.1, 0.15) is 5.82 Å². The van der Waals surface area contributed by atoms with Crippen molar-refractivity contribution in [3.8, 4) is 0 Å². The quantitative estimate of drug-likeness (QED) is 0.296. The first-order chi connectivity index (χ1) is 13.4. The molecule has 3 aromatic rings. The van der Waals surface area contributed by atoms with Crippen molar-refractivity contribution in [2.45, 2.75) is 13.8 Å². The van der Waals surface area contributed by atoms with Crippen LogP contribution in [0.4, 0.5) is 10.1 Å². The maximum Gasteiger partial charge on any atom is 0.238 e. The average Bonchev–Trinajstić information content (AvgIpc) is 2.65. The van der Waals surface area contributed by atoms with E-state index in [1.54, 1.807) is 60.3 Å². The fraction of sp³-hybridized carbons (Fsp3) is 0.0909. The lowest BCUT2D eigenvalue weighted by atomic mass is 10.1. The number of benzene rings is 2. The Morgan fingerprint density at radius 3 is 2.54 bits per heavy atom. The van der Waals surface area contributed by atoms with E-state index in [2.05, 4.69) is 5.32 Å². The van der Waals surface area contributed by atoms with E-state index in [-0.39, 0.29) is 22.3 Å². The lowest BCUT2D eigenvalue weighted by molar-refractivity contribution is -0.578. The summed E-state index contributed by atoms with van der Waals surface area (Å²) in [6.07, 6.45) is 3.54. The third-order valence-electron chi connectivity index (χ3n) is 4.19. The number of aryl methyl sites for hydroxylation is 2. The van der Waals surface area contributed by atoms with E-state index in [1.807, 2.05) is 19.1 Å². The maximum absolute atomic E-state index is 13.9. The van der Waals surface area contributed by atoms with Crippen LogP contribution in [0.25, 0.3) is 11.5 Å². The predicted molar refractivity (Wildman–Crippen MR) is 113 cm³/mol. The van der Waals surface area contributed by atoms with Crippen LogP contribution in [-0.2, 0) is 0 Å². The summed E-state index contributed by atoms with van der Waals surface area (Å²) in [4.78, 5) is 0.170. The highest BCUT2D eigenvalue weighted by Crippen LogP contribution is 2.24. The zero-order chi connectivity index (χ0) is 20.3. The Bertz CT molecular complexity index is 1080. The highest BCUT2D eigenvalue weighted by molar-refractivity contribution is 7.81. The molecule has 1 heterocycles. The van der Waals surface area contributed by atoms with E-state index in [9.17, 15) is 9.50 Å². The van der Waals surface area contributed by atoms with Crippen LogP contribution in [0.2, 0.25) is 5.02 Å². The van der Waals surface area contributed by atoms with Crippen LogP contribution >= 0.6 is 23.8 Å². The van der Waals surface area contributed by atoms with E-state index in [4.69, 9.17) is 23.8 Å². The minimum Gasteiger partial charge on any atom is -0.867 e. The number of anilines is 1. The second-order valence-electron chi connectivity index (χ2n) is 6.36. The summed E-state index contributed by atoms with van der Waals surface area (Å²) in [6.45, 7) is 3.60. The lowest BCUT2D eigenvalue weighted by Crippen LogP contribution is -2.40. The molecule has 0 saturated heterocycles. The standard InChI is InChI=1S/C22H18ClFN2OS/c1-14-6-5-11-26(13-14)20(21(27)17-7-3-4-8-18(17)23)22(28)25-16-10-9-15(2)19(24)12-16/h3-13H,1-2H3,(H-,25,27,28). The molecule has 0 aliphatic carbocycles. The first-order valence-corrected chi connectivity index (χ1v) is 9.37. The molecule has 0 spiro atoms. The third kappa shape index (κ3) is 4.38. The molecule has 28 heavy (non-hydrogen) atoms. The van der Waals surface area contributed by atoms with Gasteiger partial charge in [-0.25, -0.2) is 4.39 Å². The van der Waals surface area contributed by atoms with Crippen molar-refractivity contribution in [3.63, 3.8) is 0 Å². The summed E-state index contributed by atoms with van der Waals surface area (Å²) in [5, 5.41) is 16.6. The summed E-state index contributed by atoms with van der Waals surface area (Å²) in [5.74, 6) is -0.679. The van der Waals surface area contributed by atoms with Crippen LogP contribution in [0.1, 0.15) is 16.7 Å². The molecular formula is C22H18ClFN2OS. The highest BCUT2D eigenvalue weighted by atomic mass is 35.5. The summed E-state index contributed by atoms with van der Waals surface area (Å²) in [7, 11) is 0. The van der Waals surface area contributed by atoms with Crippen molar-refractivity contribution in [2.75, 3.05) is 5.32 Å². The second kappa shape index (κ2) is 8.50. The zero-order valence-corrected chi connectivity index (χ0v) is 16.9. The highest BCUT2D eigenvalue weighted by Gasteiger charge is 2.20. The van der Waals surface area contributed by atoms with Crippen LogP contribution in [0.3, 0.4) is 0 Å². The van der Waals surface area contributed by atoms with Gasteiger partial charge in [-0.2, -0.15) is 4.57 Å². The molecule has 0 fully saturated rings. The maximum atomic E-state index is 13.9. The molecule has 0 amide bonds. The van der Waals surface area contributed by atoms with E-state index in [1.165, 1.54) is 6.07 Å². The molecule has 3 rings (SSSR count). The van der Waals surface area contributed by atoms with Crippen molar-refractivity contribution in [1.29, 1.82) is 0 Å². The van der Waals surface area contributed by atoms with Crippen LogP contribution < -0.4 is 15.0 Å². The van der Waals surface area contributed by atoms with Crippen molar-refractivity contribution in [1.82, 2.24) is 0 Å². The Kier molecular flexibility index (Phi) is 6.07. The smallest absolute Gasteiger partial charge is 0.238 e. The van der Waals surface area contributed by atoms with Crippen molar-refractivity contribution in [3.05, 3.63) is 94.5 Å². The number of aromatic nitrogens is 1. The van der Waals surface area contributed by atoms with Crippen molar-refractivity contribution < 1.29 is 14.1 Å². The van der Waals surface area contributed by atoms with Gasteiger partial charge in [0, 0.05) is 22.3 Å². The number of halogens is 2. The van der Waals surface area contributed by atoms with Gasteiger partial charge in [-0.1, -0.05) is 48.1 Å². The number of rotatable bonds is 4. The normalized spacial score (nSPS) is 11.7. The lowest BCUT2D eigenvalue weighted by Gasteiger charge is -2.18. The average molecular weight is 413 g/mol. The van der Waals surface area contributed by atoms with E-state index in [0.29, 0.717) is 21.8 Å². The van der Waals surface area contributed by atoms with Gasteiger partial charge in [-0.3, -0.25) is 0 Å². The Hall–Kier alpha value is -2.76. The molecule has 0 aliphatic rings. The van der Waals surface area contributed by atoms with Gasteiger partial charge in [0.15, 0.2) is 17.4 Å². The van der Waals surface area contributed by atoms with Crippen LogP contribution in [0.15, 0.2) is 67.0 Å². The fourth-order valence-corrected chi connectivity index (χ4v) is 3.24. The van der Waals surface area contributed by atoms with Crippen molar-refractivity contribution >= 4 is 46.0 Å². The Morgan fingerprint density at radius 2 is 1.86 bits per heavy atom. The number of nitrogens with zero attached hydrogens (tertiary/aromatic N) is 1. The van der Waals surface area contributed by atoms with Gasteiger partial charge in [0.05, 0.1) is 0 Å². The van der Waals surface area contributed by atoms with E-state index in [0.717, 1.165) is 5.56 Å². The fourth-order valence-electron chi connectivity index (χ4n) is 2.70. The Morgan fingerprint density at radius 1 is 1.11 bits per heavy atom. The number of nitrogens with one attached hydrogen (secondary N) is 1. The number of hydrogen-bond donors (Lipinski definition) is 1. The molecule has 0 saturated carbocycles. The van der Waals surface area contributed by atoms with Crippen LogP contribution in [0, 0.1) is 19.7 Å². The first-order valence-electron chi connectivity index (χ1n) is 8.59. The monoisotopic (exact) mass is 412 g/mol. The summed E-state index contributed by atoms with van der Waals surface area (Å²) in [6, 6.07) is 15.2. The predicted octanol–water partition coefficient (Wildman–Crippen LogP) is 4.51. The van der Waals surface area contributed by atoms with Gasteiger partial charge in [-0.05, 0) is 55.0 Å². The molecule has 0 radical (unpaired) electrons. The number of pyridine rings is 1. The molecule has 1 aromatic heterocycles. The summed E-state index contributed by atoms with van der Waals surface area (Å²) in [5.41, 5.74) is 2.52.